The molecule has 1 heterocycles. The molecule has 0 radical (unpaired) electrons. The molecule has 3 atom stereocenters. The van der Waals surface area contributed by atoms with Gasteiger partial charge in [-0.05, 0) is 18.8 Å². The third-order valence-corrected chi connectivity index (χ3v) is 4.66. The number of thioether (sulfide) groups is 1. The van der Waals surface area contributed by atoms with Crippen molar-refractivity contribution in [2.75, 3.05) is 17.8 Å². The number of hydrogen-bond acceptors (Lipinski definition) is 4. The van der Waals surface area contributed by atoms with Crippen molar-refractivity contribution >= 4 is 27.7 Å². The zero-order valence-corrected chi connectivity index (χ0v) is 13.1. The second kappa shape index (κ2) is 6.23. The van der Waals surface area contributed by atoms with Crippen LogP contribution in [0.2, 0.25) is 0 Å². The molecule has 0 aromatic carbocycles. The van der Waals surface area contributed by atoms with Gasteiger partial charge in [0, 0.05) is 34.6 Å². The molecule has 1 N–H and O–H groups in total. The lowest BCUT2D eigenvalue weighted by molar-refractivity contribution is 0.315. The van der Waals surface area contributed by atoms with Gasteiger partial charge in [0.2, 0.25) is 0 Å². The maximum Gasteiger partial charge on any atom is 0.157 e. The topological polar surface area (TPSA) is 41.5 Å². The highest BCUT2D eigenvalue weighted by Gasteiger charge is 2.27. The molecule has 3 nitrogen and oxygen atoms in total. The first kappa shape index (κ1) is 15.0. The molecule has 0 fully saturated rings. The minimum atomic E-state index is -0.753. The van der Waals surface area contributed by atoms with Gasteiger partial charge in [0.15, 0.2) is 5.17 Å². The van der Waals surface area contributed by atoms with E-state index in [1.807, 2.05) is 0 Å². The van der Waals surface area contributed by atoms with Crippen LogP contribution in [0.5, 0.6) is 0 Å². The summed E-state index contributed by atoms with van der Waals surface area (Å²) in [5.74, 6) is 1.80. The Morgan fingerprint density at radius 1 is 1.59 bits per heavy atom. The second-order valence-corrected chi connectivity index (χ2v) is 8.30. The molecule has 0 saturated carbocycles. The highest BCUT2D eigenvalue weighted by Crippen LogP contribution is 2.30. The molecule has 3 unspecified atom stereocenters. The first-order chi connectivity index (χ1) is 7.79. The van der Waals surface area contributed by atoms with E-state index in [1.54, 1.807) is 18.0 Å². The molecule has 1 aliphatic heterocycles. The Hall–Kier alpha value is -0.0300. The molecule has 0 aromatic rings. The lowest BCUT2D eigenvalue weighted by Gasteiger charge is -2.31. The highest BCUT2D eigenvalue weighted by molar-refractivity contribution is 8.13. The van der Waals surface area contributed by atoms with E-state index in [4.69, 9.17) is 4.99 Å². The largest absolute Gasteiger partial charge is 0.362 e. The van der Waals surface area contributed by atoms with Gasteiger partial charge >= 0.3 is 0 Å². The van der Waals surface area contributed by atoms with Gasteiger partial charge < -0.3 is 5.32 Å². The van der Waals surface area contributed by atoms with Crippen LogP contribution in [0, 0.1) is 5.41 Å². The number of rotatable bonds is 3. The summed E-state index contributed by atoms with van der Waals surface area (Å²) in [5.41, 5.74) is 0.227. The SMILES string of the molecule is CC(CS(C)=O)NC1=NC(C(C)(C)C)CCS1. The molecule has 17 heavy (non-hydrogen) atoms. The fourth-order valence-electron chi connectivity index (χ4n) is 1.82. The van der Waals surface area contributed by atoms with Crippen LogP contribution in [0.15, 0.2) is 4.99 Å². The maximum absolute atomic E-state index is 11.1. The molecule has 0 aromatic heterocycles. The van der Waals surface area contributed by atoms with E-state index in [2.05, 4.69) is 33.0 Å². The Morgan fingerprint density at radius 2 is 2.24 bits per heavy atom. The molecular formula is C12H24N2OS2. The van der Waals surface area contributed by atoms with Crippen molar-refractivity contribution in [2.45, 2.75) is 46.2 Å². The van der Waals surface area contributed by atoms with Crippen molar-refractivity contribution < 1.29 is 4.21 Å². The van der Waals surface area contributed by atoms with E-state index in [-0.39, 0.29) is 11.5 Å². The van der Waals surface area contributed by atoms with Crippen LogP contribution in [0.25, 0.3) is 0 Å². The van der Waals surface area contributed by atoms with Gasteiger partial charge in [0.25, 0.3) is 0 Å². The van der Waals surface area contributed by atoms with Crippen molar-refractivity contribution in [1.82, 2.24) is 5.32 Å². The summed E-state index contributed by atoms with van der Waals surface area (Å²) in [6, 6.07) is 0.622. The molecule has 5 heteroatoms. The van der Waals surface area contributed by atoms with Crippen molar-refractivity contribution in [2.24, 2.45) is 10.4 Å². The van der Waals surface area contributed by atoms with Gasteiger partial charge in [-0.2, -0.15) is 0 Å². The molecular weight excluding hydrogens is 252 g/mol. The van der Waals surface area contributed by atoms with Crippen molar-refractivity contribution in [3.63, 3.8) is 0 Å². The van der Waals surface area contributed by atoms with Crippen LogP contribution in [-0.2, 0) is 10.8 Å². The molecule has 0 saturated heterocycles. The van der Waals surface area contributed by atoms with Crippen LogP contribution in [0.3, 0.4) is 0 Å². The van der Waals surface area contributed by atoms with Crippen molar-refractivity contribution in [3.8, 4) is 0 Å². The molecule has 100 valence electrons. The molecule has 1 aliphatic rings. The number of aliphatic imine (C=N–C) groups is 1. The van der Waals surface area contributed by atoms with Gasteiger partial charge in [-0.3, -0.25) is 9.20 Å². The molecule has 1 rings (SSSR count). The summed E-state index contributed by atoms with van der Waals surface area (Å²) in [5, 5.41) is 4.39. The van der Waals surface area contributed by atoms with Crippen LogP contribution in [-0.4, -0.2) is 39.2 Å². The fraction of sp³-hybridized carbons (Fsp3) is 0.917. The van der Waals surface area contributed by atoms with E-state index in [0.29, 0.717) is 11.8 Å². The number of nitrogens with one attached hydrogen (secondary N) is 1. The number of hydrogen-bond donors (Lipinski definition) is 1. The van der Waals surface area contributed by atoms with Gasteiger partial charge in [0.05, 0.1) is 6.04 Å². The molecule has 0 bridgehead atoms. The minimum Gasteiger partial charge on any atom is -0.362 e. The Labute approximate surface area is 112 Å². The lowest BCUT2D eigenvalue weighted by atomic mass is 9.85. The quantitative estimate of drug-likeness (QED) is 0.859. The normalized spacial score (nSPS) is 25.0. The summed E-state index contributed by atoms with van der Waals surface area (Å²) >= 11 is 1.78. The number of nitrogens with zero attached hydrogens (tertiary/aromatic N) is 1. The second-order valence-electron chi connectivity index (χ2n) is 5.74. The summed E-state index contributed by atoms with van der Waals surface area (Å²) in [6.07, 6.45) is 2.89. The van der Waals surface area contributed by atoms with Crippen LogP contribution >= 0.6 is 11.8 Å². The monoisotopic (exact) mass is 276 g/mol. The number of amidine groups is 1. The first-order valence-electron chi connectivity index (χ1n) is 6.06. The molecule has 0 aliphatic carbocycles. The zero-order valence-electron chi connectivity index (χ0n) is 11.4. The predicted molar refractivity (Wildman–Crippen MR) is 79.3 cm³/mol. The van der Waals surface area contributed by atoms with E-state index >= 15 is 0 Å². The zero-order chi connectivity index (χ0) is 13.1. The Kier molecular flexibility index (Phi) is 5.51. The smallest absolute Gasteiger partial charge is 0.157 e. The first-order valence-corrected chi connectivity index (χ1v) is 8.77. The van der Waals surface area contributed by atoms with Crippen LogP contribution in [0.4, 0.5) is 0 Å². The standard InChI is InChI=1S/C12H24N2OS2/c1-9(8-17(5)15)13-11-14-10(6-7-16-11)12(2,3)4/h9-10H,6-8H2,1-5H3,(H,13,14). The van der Waals surface area contributed by atoms with E-state index in [9.17, 15) is 4.21 Å². The Morgan fingerprint density at radius 3 is 2.76 bits per heavy atom. The fourth-order valence-corrected chi connectivity index (χ4v) is 3.63. The van der Waals surface area contributed by atoms with E-state index in [1.165, 1.54) is 0 Å². The predicted octanol–water partition coefficient (Wildman–Crippen LogP) is 2.25. The van der Waals surface area contributed by atoms with Gasteiger partial charge in [-0.1, -0.05) is 32.5 Å². The summed E-state index contributed by atoms with van der Waals surface area (Å²) < 4.78 is 11.1. The van der Waals surface area contributed by atoms with Gasteiger partial charge in [-0.15, -0.1) is 0 Å². The summed E-state index contributed by atoms with van der Waals surface area (Å²) in [7, 11) is -0.753. The third-order valence-electron chi connectivity index (χ3n) is 2.76. The van der Waals surface area contributed by atoms with Crippen molar-refractivity contribution in [1.29, 1.82) is 0 Å². The van der Waals surface area contributed by atoms with E-state index in [0.717, 1.165) is 17.3 Å². The van der Waals surface area contributed by atoms with E-state index < -0.39 is 10.8 Å². The average molecular weight is 276 g/mol. The summed E-state index contributed by atoms with van der Waals surface area (Å²) in [6.45, 7) is 8.77. The van der Waals surface area contributed by atoms with Crippen LogP contribution < -0.4 is 5.32 Å². The summed E-state index contributed by atoms with van der Waals surface area (Å²) in [4.78, 5) is 4.77. The van der Waals surface area contributed by atoms with Crippen LogP contribution in [0.1, 0.15) is 34.1 Å². The maximum atomic E-state index is 11.1. The third kappa shape index (κ3) is 5.42. The Bertz CT molecular complexity index is 310. The highest BCUT2D eigenvalue weighted by atomic mass is 32.2. The van der Waals surface area contributed by atoms with Gasteiger partial charge in [0.1, 0.15) is 0 Å². The minimum absolute atomic E-state index is 0.227. The molecule has 0 amide bonds. The molecule has 0 spiro atoms. The average Bonchev–Trinajstić information content (AvgIpc) is 2.15. The van der Waals surface area contributed by atoms with Crippen molar-refractivity contribution in [3.05, 3.63) is 0 Å². The Balaban J connectivity index is 2.58. The lowest BCUT2D eigenvalue weighted by Crippen LogP contribution is -2.39. The van der Waals surface area contributed by atoms with Gasteiger partial charge in [-0.25, -0.2) is 0 Å².